The summed E-state index contributed by atoms with van der Waals surface area (Å²) in [6.07, 6.45) is -0.834. The Morgan fingerprint density at radius 3 is 2.16 bits per heavy atom. The Hall–Kier alpha value is -3.85. The smallest absolute Gasteiger partial charge is 0.255 e. The zero-order valence-corrected chi connectivity index (χ0v) is 25.2. The lowest BCUT2D eigenvalue weighted by Crippen LogP contribution is -2.51. The van der Waals surface area contributed by atoms with Gasteiger partial charge in [-0.05, 0) is 41.0 Å². The minimum Gasteiger partial charge on any atom is -0.392 e. The van der Waals surface area contributed by atoms with Crippen molar-refractivity contribution in [1.82, 2.24) is 9.80 Å². The molecule has 6 rings (SSSR count). The van der Waals surface area contributed by atoms with E-state index in [0.717, 1.165) is 56.0 Å². The van der Waals surface area contributed by atoms with E-state index in [0.29, 0.717) is 11.3 Å². The fourth-order valence-corrected chi connectivity index (χ4v) is 6.11. The fraction of sp³-hybridized carbons (Fsp3) is 0.324. The summed E-state index contributed by atoms with van der Waals surface area (Å²) in [4.78, 5) is 17.9. The third-order valence-electron chi connectivity index (χ3n) is 8.73. The van der Waals surface area contributed by atoms with Crippen LogP contribution in [-0.4, -0.2) is 59.6 Å². The SMILES string of the molecule is C[C@H]1[C@@H](CN2CCN(Cc3ccccc3)CC2)O[C@@H](c2cccc(NC(=O)c3ccccc3)c2)O[C@H]1c1ccc(CO)cc1. The summed E-state index contributed by atoms with van der Waals surface area (Å²) in [6, 6.07) is 35.6. The minimum absolute atomic E-state index is 0.00740. The number of amides is 1. The molecule has 2 heterocycles. The number of carbonyl (C=O) groups is 1. The summed E-state index contributed by atoms with van der Waals surface area (Å²) in [5, 5.41) is 12.6. The second-order valence-corrected chi connectivity index (χ2v) is 11.8. The molecule has 0 saturated carbocycles. The van der Waals surface area contributed by atoms with Gasteiger partial charge < -0.3 is 19.9 Å². The van der Waals surface area contributed by atoms with E-state index in [4.69, 9.17) is 9.47 Å². The molecule has 0 unspecified atom stereocenters. The summed E-state index contributed by atoms with van der Waals surface area (Å²) < 4.78 is 13.4. The number of ether oxygens (including phenoxy) is 2. The molecule has 2 fully saturated rings. The van der Waals surface area contributed by atoms with E-state index >= 15 is 0 Å². The van der Waals surface area contributed by atoms with E-state index in [-0.39, 0.29) is 30.6 Å². The number of hydrogen-bond acceptors (Lipinski definition) is 6. The van der Waals surface area contributed by atoms with Gasteiger partial charge in [-0.3, -0.25) is 14.6 Å². The second kappa shape index (κ2) is 14.3. The van der Waals surface area contributed by atoms with Crippen molar-refractivity contribution in [1.29, 1.82) is 0 Å². The summed E-state index contributed by atoms with van der Waals surface area (Å²) >= 11 is 0. The Balaban J connectivity index is 1.17. The van der Waals surface area contributed by atoms with Crippen molar-refractivity contribution in [2.75, 3.05) is 38.0 Å². The molecule has 0 aliphatic carbocycles. The van der Waals surface area contributed by atoms with Crippen molar-refractivity contribution in [3.8, 4) is 0 Å². The average Bonchev–Trinajstić information content (AvgIpc) is 3.07. The Morgan fingerprint density at radius 1 is 0.773 bits per heavy atom. The third kappa shape index (κ3) is 7.44. The average molecular weight is 592 g/mol. The van der Waals surface area contributed by atoms with Crippen molar-refractivity contribution >= 4 is 11.6 Å². The molecular weight excluding hydrogens is 550 g/mol. The minimum atomic E-state index is -0.591. The van der Waals surface area contributed by atoms with Gasteiger partial charge in [0.15, 0.2) is 6.29 Å². The lowest BCUT2D eigenvalue weighted by molar-refractivity contribution is -0.276. The van der Waals surface area contributed by atoms with Crippen LogP contribution in [0.25, 0.3) is 0 Å². The summed E-state index contributed by atoms with van der Waals surface area (Å²) in [5.74, 6) is -0.0532. The normalized spacial score (nSPS) is 22.9. The van der Waals surface area contributed by atoms with Crippen molar-refractivity contribution in [2.24, 2.45) is 5.92 Å². The van der Waals surface area contributed by atoms with Crippen molar-refractivity contribution in [2.45, 2.75) is 38.6 Å². The lowest BCUT2D eigenvalue weighted by Gasteiger charge is -2.44. The molecule has 228 valence electrons. The highest BCUT2D eigenvalue weighted by Crippen LogP contribution is 2.42. The summed E-state index contributed by atoms with van der Waals surface area (Å²) in [5.41, 5.74) is 5.44. The zero-order chi connectivity index (χ0) is 30.3. The van der Waals surface area contributed by atoms with Gasteiger partial charge in [0, 0.05) is 62.0 Å². The predicted octanol–water partition coefficient (Wildman–Crippen LogP) is 6.04. The van der Waals surface area contributed by atoms with Crippen LogP contribution in [0, 0.1) is 5.92 Å². The Kier molecular flexibility index (Phi) is 9.80. The van der Waals surface area contributed by atoms with Gasteiger partial charge >= 0.3 is 0 Å². The van der Waals surface area contributed by atoms with Crippen LogP contribution in [0.1, 0.15) is 51.9 Å². The number of nitrogens with one attached hydrogen (secondary N) is 1. The molecular formula is C37H41N3O4. The first-order chi connectivity index (χ1) is 21.6. The number of piperazine rings is 1. The molecule has 0 spiro atoms. The van der Waals surface area contributed by atoms with Gasteiger partial charge in [0.2, 0.25) is 0 Å². The van der Waals surface area contributed by atoms with E-state index in [2.05, 4.69) is 52.4 Å². The quantitative estimate of drug-likeness (QED) is 0.247. The number of rotatable bonds is 9. The molecule has 7 nitrogen and oxygen atoms in total. The van der Waals surface area contributed by atoms with Gasteiger partial charge in [-0.25, -0.2) is 0 Å². The monoisotopic (exact) mass is 591 g/mol. The van der Waals surface area contributed by atoms with Crippen LogP contribution in [0.4, 0.5) is 5.69 Å². The van der Waals surface area contributed by atoms with Gasteiger partial charge in [-0.2, -0.15) is 0 Å². The standard InChI is InChI=1S/C37H41N3O4/c1-27-34(25-40-21-19-39(20-22-40)24-28-9-4-2-5-10-28)43-37(44-35(27)30-17-15-29(26-41)16-18-30)32-13-8-14-33(23-32)38-36(42)31-11-6-3-7-12-31/h2-18,23,27,34-35,37,41H,19-22,24-26H2,1H3,(H,38,42)/t27-,34+,35+,37+/m0/s1. The first-order valence-electron chi connectivity index (χ1n) is 15.5. The van der Waals surface area contributed by atoms with Crippen LogP contribution in [0.3, 0.4) is 0 Å². The number of nitrogens with zero attached hydrogens (tertiary/aromatic N) is 2. The molecule has 7 heteroatoms. The highest BCUT2D eigenvalue weighted by molar-refractivity contribution is 6.04. The molecule has 0 aromatic heterocycles. The second-order valence-electron chi connectivity index (χ2n) is 11.8. The Bertz CT molecular complexity index is 1490. The van der Waals surface area contributed by atoms with E-state index in [9.17, 15) is 9.90 Å². The highest BCUT2D eigenvalue weighted by Gasteiger charge is 2.39. The molecule has 4 aromatic rings. The number of aliphatic hydroxyl groups excluding tert-OH is 1. The zero-order valence-electron chi connectivity index (χ0n) is 25.2. The van der Waals surface area contributed by atoms with E-state index in [1.54, 1.807) is 12.1 Å². The molecule has 2 saturated heterocycles. The molecule has 2 aliphatic rings. The Labute approximate surface area is 260 Å². The van der Waals surface area contributed by atoms with E-state index < -0.39 is 6.29 Å². The maximum Gasteiger partial charge on any atom is 0.255 e. The third-order valence-corrected chi connectivity index (χ3v) is 8.73. The number of aliphatic hydroxyl groups is 1. The Morgan fingerprint density at radius 2 is 1.45 bits per heavy atom. The van der Waals surface area contributed by atoms with Crippen molar-refractivity contribution in [3.63, 3.8) is 0 Å². The van der Waals surface area contributed by atoms with Gasteiger partial charge in [-0.15, -0.1) is 0 Å². The summed E-state index contributed by atoms with van der Waals surface area (Å²) in [6.45, 7) is 8.01. The fourth-order valence-electron chi connectivity index (χ4n) is 6.11. The molecule has 0 bridgehead atoms. The van der Waals surface area contributed by atoms with Crippen molar-refractivity contribution < 1.29 is 19.4 Å². The molecule has 0 radical (unpaired) electrons. The molecule has 4 atom stereocenters. The molecule has 1 amide bonds. The van der Waals surface area contributed by atoms with E-state index in [1.165, 1.54) is 5.56 Å². The predicted molar refractivity (Wildman–Crippen MR) is 172 cm³/mol. The number of carbonyl (C=O) groups excluding carboxylic acids is 1. The first kappa shape index (κ1) is 30.2. The van der Waals surface area contributed by atoms with Crippen LogP contribution in [0.15, 0.2) is 109 Å². The topological polar surface area (TPSA) is 74.3 Å². The highest BCUT2D eigenvalue weighted by atomic mass is 16.7. The van der Waals surface area contributed by atoms with Crippen LogP contribution in [0.5, 0.6) is 0 Å². The summed E-state index contributed by atoms with van der Waals surface area (Å²) in [7, 11) is 0. The van der Waals surface area contributed by atoms with Crippen LogP contribution < -0.4 is 5.32 Å². The number of benzene rings is 4. The molecule has 2 N–H and O–H groups in total. The molecule has 2 aliphatic heterocycles. The van der Waals surface area contributed by atoms with Crippen LogP contribution >= 0.6 is 0 Å². The van der Waals surface area contributed by atoms with E-state index in [1.807, 2.05) is 66.7 Å². The van der Waals surface area contributed by atoms with Gasteiger partial charge in [-0.1, -0.05) is 91.9 Å². The largest absolute Gasteiger partial charge is 0.392 e. The van der Waals surface area contributed by atoms with Crippen LogP contribution in [0.2, 0.25) is 0 Å². The van der Waals surface area contributed by atoms with Crippen LogP contribution in [-0.2, 0) is 22.6 Å². The maximum atomic E-state index is 12.8. The first-order valence-corrected chi connectivity index (χ1v) is 15.5. The molecule has 44 heavy (non-hydrogen) atoms. The number of hydrogen-bond donors (Lipinski definition) is 2. The van der Waals surface area contributed by atoms with Gasteiger partial charge in [0.25, 0.3) is 5.91 Å². The molecule has 4 aromatic carbocycles. The number of anilines is 1. The van der Waals surface area contributed by atoms with Gasteiger partial charge in [0.1, 0.15) is 0 Å². The lowest BCUT2D eigenvalue weighted by atomic mass is 9.90. The van der Waals surface area contributed by atoms with Gasteiger partial charge in [0.05, 0.1) is 18.8 Å². The maximum absolute atomic E-state index is 12.8. The van der Waals surface area contributed by atoms with Crippen molar-refractivity contribution in [3.05, 3.63) is 137 Å².